The molecule has 2 aromatic carbocycles. The molecule has 0 atom stereocenters. The van der Waals surface area contributed by atoms with E-state index in [2.05, 4.69) is 30.6 Å². The SMILES string of the molecule is Clc1ccccc1Cn1cc(COc2ccc(Nc3ncnc4[nH]ccc34)cc2)nn1. The fourth-order valence-corrected chi connectivity index (χ4v) is 3.38. The van der Waals surface area contributed by atoms with Gasteiger partial charge in [0.1, 0.15) is 35.8 Å². The van der Waals surface area contributed by atoms with Gasteiger partial charge in [-0.25, -0.2) is 14.6 Å². The molecule has 0 saturated carbocycles. The maximum absolute atomic E-state index is 6.21. The standard InChI is InChI=1S/C22H18ClN7O/c23-20-4-2-1-3-15(20)11-30-12-17(28-29-30)13-31-18-7-5-16(6-8-18)27-22-19-9-10-24-21(19)25-14-26-22/h1-10,12,14H,11,13H2,(H2,24,25,26,27). The summed E-state index contributed by atoms with van der Waals surface area (Å²) in [6.07, 6.45) is 5.22. The van der Waals surface area contributed by atoms with Crippen LogP contribution in [0.5, 0.6) is 5.75 Å². The molecule has 154 valence electrons. The van der Waals surface area contributed by atoms with Gasteiger partial charge in [-0.05, 0) is 42.0 Å². The molecule has 3 heterocycles. The van der Waals surface area contributed by atoms with Crippen LogP contribution >= 0.6 is 11.6 Å². The predicted octanol–water partition coefficient (Wildman–Crippen LogP) is 4.57. The second-order valence-electron chi connectivity index (χ2n) is 6.90. The number of hydrogen-bond acceptors (Lipinski definition) is 6. The van der Waals surface area contributed by atoms with Gasteiger partial charge in [0.25, 0.3) is 0 Å². The molecule has 9 heteroatoms. The van der Waals surface area contributed by atoms with Gasteiger partial charge in [-0.2, -0.15) is 0 Å². The van der Waals surface area contributed by atoms with Gasteiger partial charge >= 0.3 is 0 Å². The second-order valence-corrected chi connectivity index (χ2v) is 7.31. The largest absolute Gasteiger partial charge is 0.487 e. The van der Waals surface area contributed by atoms with Gasteiger partial charge in [-0.15, -0.1) is 5.10 Å². The molecule has 0 aliphatic carbocycles. The fourth-order valence-electron chi connectivity index (χ4n) is 3.18. The third kappa shape index (κ3) is 4.34. The van der Waals surface area contributed by atoms with Crippen LogP contribution in [-0.4, -0.2) is 29.9 Å². The van der Waals surface area contributed by atoms with Crippen LogP contribution in [0.4, 0.5) is 11.5 Å². The Kier molecular flexibility index (Phi) is 5.20. The fraction of sp³-hybridized carbons (Fsp3) is 0.0909. The average Bonchev–Trinajstić information content (AvgIpc) is 3.45. The average molecular weight is 432 g/mol. The van der Waals surface area contributed by atoms with E-state index in [9.17, 15) is 0 Å². The van der Waals surface area contributed by atoms with Crippen LogP contribution in [0.1, 0.15) is 11.3 Å². The van der Waals surface area contributed by atoms with Gasteiger partial charge in [-0.1, -0.05) is 35.0 Å². The minimum Gasteiger partial charge on any atom is -0.487 e. The summed E-state index contributed by atoms with van der Waals surface area (Å²) in [4.78, 5) is 11.6. The van der Waals surface area contributed by atoms with Crippen molar-refractivity contribution in [3.8, 4) is 5.75 Å². The lowest BCUT2D eigenvalue weighted by molar-refractivity contribution is 0.301. The van der Waals surface area contributed by atoms with E-state index < -0.39 is 0 Å². The van der Waals surface area contributed by atoms with Gasteiger partial charge in [-0.3, -0.25) is 0 Å². The molecule has 5 rings (SSSR count). The van der Waals surface area contributed by atoms with Crippen molar-refractivity contribution in [2.24, 2.45) is 0 Å². The summed E-state index contributed by atoms with van der Waals surface area (Å²) in [7, 11) is 0. The van der Waals surface area contributed by atoms with Crippen LogP contribution in [0, 0.1) is 0 Å². The van der Waals surface area contributed by atoms with Crippen molar-refractivity contribution in [2.75, 3.05) is 5.32 Å². The quantitative estimate of drug-likeness (QED) is 0.392. The first-order valence-corrected chi connectivity index (χ1v) is 10.0. The number of benzene rings is 2. The van der Waals surface area contributed by atoms with Crippen molar-refractivity contribution in [2.45, 2.75) is 13.2 Å². The molecule has 0 radical (unpaired) electrons. The summed E-state index contributed by atoms with van der Waals surface area (Å²) < 4.78 is 7.59. The van der Waals surface area contributed by atoms with Crippen molar-refractivity contribution in [1.29, 1.82) is 0 Å². The molecule has 0 spiro atoms. The van der Waals surface area contributed by atoms with Crippen molar-refractivity contribution < 1.29 is 4.74 Å². The molecule has 0 fully saturated rings. The minimum atomic E-state index is 0.325. The van der Waals surface area contributed by atoms with Crippen LogP contribution in [0.25, 0.3) is 11.0 Å². The topological polar surface area (TPSA) is 93.5 Å². The number of ether oxygens (including phenoxy) is 1. The number of hydrogen-bond donors (Lipinski definition) is 2. The zero-order valence-corrected chi connectivity index (χ0v) is 17.1. The van der Waals surface area contributed by atoms with Gasteiger partial charge in [0.15, 0.2) is 0 Å². The second kappa shape index (κ2) is 8.45. The summed E-state index contributed by atoms with van der Waals surface area (Å²) in [6, 6.07) is 17.3. The summed E-state index contributed by atoms with van der Waals surface area (Å²) in [6.45, 7) is 0.885. The number of nitrogens with zero attached hydrogens (tertiary/aromatic N) is 5. The molecule has 0 amide bonds. The molecule has 2 N–H and O–H groups in total. The smallest absolute Gasteiger partial charge is 0.143 e. The molecule has 31 heavy (non-hydrogen) atoms. The van der Waals surface area contributed by atoms with Crippen molar-refractivity contribution in [3.05, 3.63) is 89.6 Å². The molecular weight excluding hydrogens is 414 g/mol. The Hall–Kier alpha value is -3.91. The lowest BCUT2D eigenvalue weighted by Gasteiger charge is -2.08. The first kappa shape index (κ1) is 19.1. The molecular formula is C22H18ClN7O. The highest BCUT2D eigenvalue weighted by molar-refractivity contribution is 6.31. The van der Waals surface area contributed by atoms with E-state index in [0.29, 0.717) is 18.2 Å². The number of aromatic amines is 1. The maximum Gasteiger partial charge on any atom is 0.143 e. The van der Waals surface area contributed by atoms with Crippen LogP contribution in [-0.2, 0) is 13.2 Å². The number of rotatable bonds is 7. The first-order chi connectivity index (χ1) is 15.2. The highest BCUT2D eigenvalue weighted by atomic mass is 35.5. The van der Waals surface area contributed by atoms with Crippen LogP contribution < -0.4 is 10.1 Å². The van der Waals surface area contributed by atoms with Gasteiger partial charge in [0, 0.05) is 16.9 Å². The summed E-state index contributed by atoms with van der Waals surface area (Å²) in [5.41, 5.74) is 3.43. The van der Waals surface area contributed by atoms with E-state index in [-0.39, 0.29) is 0 Å². The molecule has 5 aromatic rings. The third-order valence-corrected chi connectivity index (χ3v) is 5.10. The Morgan fingerprint density at radius 1 is 1.03 bits per heavy atom. The van der Waals surface area contributed by atoms with E-state index in [1.165, 1.54) is 6.33 Å². The Morgan fingerprint density at radius 2 is 1.90 bits per heavy atom. The summed E-state index contributed by atoms with van der Waals surface area (Å²) in [5, 5.41) is 13.3. The van der Waals surface area contributed by atoms with E-state index in [1.54, 1.807) is 4.68 Å². The van der Waals surface area contributed by atoms with Gasteiger partial charge in [0.2, 0.25) is 0 Å². The highest BCUT2D eigenvalue weighted by Crippen LogP contribution is 2.24. The van der Waals surface area contributed by atoms with Crippen molar-refractivity contribution >= 4 is 34.1 Å². The number of anilines is 2. The van der Waals surface area contributed by atoms with Crippen molar-refractivity contribution in [3.63, 3.8) is 0 Å². The number of fused-ring (bicyclic) bond motifs is 1. The lowest BCUT2D eigenvalue weighted by atomic mass is 10.2. The third-order valence-electron chi connectivity index (χ3n) is 4.73. The number of nitrogens with one attached hydrogen (secondary N) is 2. The van der Waals surface area contributed by atoms with Crippen LogP contribution in [0.15, 0.2) is 73.3 Å². The summed E-state index contributed by atoms with van der Waals surface area (Å²) in [5.74, 6) is 1.48. The molecule has 0 aliphatic rings. The Balaban J connectivity index is 1.19. The van der Waals surface area contributed by atoms with Crippen molar-refractivity contribution in [1.82, 2.24) is 29.9 Å². The van der Waals surface area contributed by atoms with Crippen LogP contribution in [0.2, 0.25) is 5.02 Å². The molecule has 0 unspecified atom stereocenters. The zero-order valence-electron chi connectivity index (χ0n) is 16.4. The number of aromatic nitrogens is 6. The Bertz CT molecular complexity index is 1310. The first-order valence-electron chi connectivity index (χ1n) is 9.65. The van der Waals surface area contributed by atoms with E-state index in [1.807, 2.05) is 67.0 Å². The number of H-pyrrole nitrogens is 1. The Labute approximate surface area is 182 Å². The lowest BCUT2D eigenvalue weighted by Crippen LogP contribution is -2.01. The predicted molar refractivity (Wildman–Crippen MR) is 119 cm³/mol. The van der Waals surface area contributed by atoms with Crippen LogP contribution in [0.3, 0.4) is 0 Å². The molecule has 8 nitrogen and oxygen atoms in total. The van der Waals surface area contributed by atoms with E-state index in [0.717, 1.165) is 39.5 Å². The maximum atomic E-state index is 6.21. The zero-order chi connectivity index (χ0) is 21.0. The minimum absolute atomic E-state index is 0.325. The monoisotopic (exact) mass is 431 g/mol. The van der Waals surface area contributed by atoms with Gasteiger partial charge < -0.3 is 15.0 Å². The molecule has 3 aromatic heterocycles. The summed E-state index contributed by atoms with van der Waals surface area (Å²) >= 11 is 6.21. The van der Waals surface area contributed by atoms with Gasteiger partial charge in [0.05, 0.1) is 18.1 Å². The molecule has 0 bridgehead atoms. The highest BCUT2D eigenvalue weighted by Gasteiger charge is 2.07. The molecule has 0 aliphatic heterocycles. The normalized spacial score (nSPS) is 11.0. The van der Waals surface area contributed by atoms with E-state index in [4.69, 9.17) is 16.3 Å². The molecule has 0 saturated heterocycles. The van der Waals surface area contributed by atoms with E-state index >= 15 is 0 Å². The number of halogens is 1. The Morgan fingerprint density at radius 3 is 2.77 bits per heavy atom.